The highest BCUT2D eigenvalue weighted by Gasteiger charge is 2.19. The van der Waals surface area contributed by atoms with Gasteiger partial charge in [0.2, 0.25) is 0 Å². The van der Waals surface area contributed by atoms with E-state index in [0.29, 0.717) is 6.54 Å². The van der Waals surface area contributed by atoms with Crippen LogP contribution in [0.1, 0.15) is 44.2 Å². The molecule has 1 aromatic rings. The summed E-state index contributed by atoms with van der Waals surface area (Å²) in [5, 5.41) is 0. The number of nitrogens with two attached hydrogens (primary N) is 1. The molecular weight excluding hydrogens is 312 g/mol. The molecular formula is C17H27BrN2. The van der Waals surface area contributed by atoms with E-state index in [1.165, 1.54) is 48.0 Å². The van der Waals surface area contributed by atoms with Gasteiger partial charge in [-0.05, 0) is 61.4 Å². The molecule has 0 aromatic heterocycles. The Bertz CT molecular complexity index is 431. The normalized spacial score (nSPS) is 21.1. The van der Waals surface area contributed by atoms with Crippen molar-refractivity contribution in [3.8, 4) is 0 Å². The van der Waals surface area contributed by atoms with Crippen LogP contribution in [-0.4, -0.2) is 18.0 Å². The zero-order valence-corrected chi connectivity index (χ0v) is 14.3. The van der Waals surface area contributed by atoms with Crippen molar-refractivity contribution in [3.63, 3.8) is 0 Å². The number of nitrogens with zero attached hydrogens (tertiary/aromatic N) is 1. The minimum atomic E-state index is 0.610. The van der Waals surface area contributed by atoms with Crippen LogP contribution in [0.2, 0.25) is 0 Å². The van der Waals surface area contributed by atoms with Crippen molar-refractivity contribution in [2.24, 2.45) is 17.6 Å². The fraction of sp³-hybridized carbons (Fsp3) is 0.647. The molecule has 1 aromatic carbocycles. The summed E-state index contributed by atoms with van der Waals surface area (Å²) >= 11 is 3.69. The van der Waals surface area contributed by atoms with Gasteiger partial charge in [-0.15, -0.1) is 0 Å². The van der Waals surface area contributed by atoms with Gasteiger partial charge < -0.3 is 5.73 Å². The molecule has 2 rings (SSSR count). The smallest absolute Gasteiger partial charge is 0.0244 e. The van der Waals surface area contributed by atoms with Crippen LogP contribution >= 0.6 is 15.9 Å². The number of likely N-dealkylation sites (tertiary alicyclic amines) is 1. The van der Waals surface area contributed by atoms with Crippen LogP contribution in [0.3, 0.4) is 0 Å². The highest BCUT2D eigenvalue weighted by molar-refractivity contribution is 9.10. The van der Waals surface area contributed by atoms with Gasteiger partial charge in [-0.2, -0.15) is 0 Å². The quantitative estimate of drug-likeness (QED) is 0.892. The van der Waals surface area contributed by atoms with Crippen LogP contribution in [0.15, 0.2) is 22.7 Å². The standard InChI is InChI=1S/C17H27BrN2/c1-13(2)15-4-3-8-20(9-7-15)12-16-6-5-14(11-19)10-17(16)18/h5-6,10,13,15H,3-4,7-9,11-12,19H2,1-2H3. The molecule has 0 bridgehead atoms. The summed E-state index contributed by atoms with van der Waals surface area (Å²) in [6, 6.07) is 6.52. The third-order valence-electron chi connectivity index (χ3n) is 4.56. The molecule has 1 aliphatic rings. The lowest BCUT2D eigenvalue weighted by molar-refractivity contribution is 0.264. The lowest BCUT2D eigenvalue weighted by atomic mass is 9.89. The molecule has 0 saturated carbocycles. The van der Waals surface area contributed by atoms with E-state index in [0.717, 1.165) is 18.4 Å². The average Bonchev–Trinajstić information content (AvgIpc) is 2.66. The lowest BCUT2D eigenvalue weighted by Crippen LogP contribution is -2.24. The molecule has 112 valence electrons. The van der Waals surface area contributed by atoms with Crippen LogP contribution in [0.5, 0.6) is 0 Å². The number of hydrogen-bond donors (Lipinski definition) is 1. The zero-order chi connectivity index (χ0) is 14.5. The van der Waals surface area contributed by atoms with Gasteiger partial charge >= 0.3 is 0 Å². The van der Waals surface area contributed by atoms with E-state index < -0.39 is 0 Å². The van der Waals surface area contributed by atoms with E-state index >= 15 is 0 Å². The molecule has 1 heterocycles. The summed E-state index contributed by atoms with van der Waals surface area (Å²) in [7, 11) is 0. The van der Waals surface area contributed by atoms with E-state index in [-0.39, 0.29) is 0 Å². The number of hydrogen-bond acceptors (Lipinski definition) is 2. The SMILES string of the molecule is CC(C)C1CCCN(Cc2ccc(CN)cc2Br)CC1. The van der Waals surface area contributed by atoms with Gasteiger partial charge in [0, 0.05) is 17.6 Å². The second-order valence-electron chi connectivity index (χ2n) is 6.34. The van der Waals surface area contributed by atoms with E-state index in [2.05, 4.69) is 52.9 Å². The average molecular weight is 339 g/mol. The Morgan fingerprint density at radius 1 is 1.30 bits per heavy atom. The number of benzene rings is 1. The maximum Gasteiger partial charge on any atom is 0.0244 e. The molecule has 1 saturated heterocycles. The van der Waals surface area contributed by atoms with Crippen LogP contribution in [0.25, 0.3) is 0 Å². The van der Waals surface area contributed by atoms with E-state index in [1.807, 2.05) is 0 Å². The Morgan fingerprint density at radius 2 is 2.10 bits per heavy atom. The summed E-state index contributed by atoms with van der Waals surface area (Å²) in [6.07, 6.45) is 4.07. The van der Waals surface area contributed by atoms with E-state index in [1.54, 1.807) is 0 Å². The van der Waals surface area contributed by atoms with Crippen molar-refractivity contribution in [2.45, 2.75) is 46.2 Å². The van der Waals surface area contributed by atoms with Gasteiger partial charge in [0.15, 0.2) is 0 Å². The number of rotatable bonds is 4. The van der Waals surface area contributed by atoms with Gasteiger partial charge in [-0.1, -0.05) is 41.9 Å². The molecule has 1 unspecified atom stereocenters. The van der Waals surface area contributed by atoms with Crippen molar-refractivity contribution >= 4 is 15.9 Å². The Morgan fingerprint density at radius 3 is 2.75 bits per heavy atom. The first-order valence-electron chi connectivity index (χ1n) is 7.80. The lowest BCUT2D eigenvalue weighted by Gasteiger charge is -2.22. The van der Waals surface area contributed by atoms with Gasteiger partial charge in [-0.25, -0.2) is 0 Å². The Hall–Kier alpha value is -0.380. The predicted molar refractivity (Wildman–Crippen MR) is 89.5 cm³/mol. The second-order valence-corrected chi connectivity index (χ2v) is 7.20. The summed E-state index contributed by atoms with van der Waals surface area (Å²) in [5.41, 5.74) is 8.26. The summed E-state index contributed by atoms with van der Waals surface area (Å²) in [4.78, 5) is 2.60. The van der Waals surface area contributed by atoms with Gasteiger partial charge in [0.25, 0.3) is 0 Å². The summed E-state index contributed by atoms with van der Waals surface area (Å²) in [6.45, 7) is 8.85. The molecule has 1 atom stereocenters. The van der Waals surface area contributed by atoms with Crippen molar-refractivity contribution < 1.29 is 0 Å². The first kappa shape index (κ1) is 16.0. The molecule has 1 aliphatic heterocycles. The third-order valence-corrected chi connectivity index (χ3v) is 5.29. The second kappa shape index (κ2) is 7.58. The molecule has 3 heteroatoms. The first-order valence-corrected chi connectivity index (χ1v) is 8.59. The van der Waals surface area contributed by atoms with Gasteiger partial charge in [-0.3, -0.25) is 4.90 Å². The Kier molecular flexibility index (Phi) is 6.06. The Balaban J connectivity index is 1.96. The molecule has 0 spiro atoms. The third kappa shape index (κ3) is 4.31. The number of halogens is 1. The molecule has 2 nitrogen and oxygen atoms in total. The molecule has 0 amide bonds. The zero-order valence-electron chi connectivity index (χ0n) is 12.7. The van der Waals surface area contributed by atoms with Crippen LogP contribution < -0.4 is 5.73 Å². The largest absolute Gasteiger partial charge is 0.326 e. The fourth-order valence-electron chi connectivity index (χ4n) is 3.09. The van der Waals surface area contributed by atoms with Crippen molar-refractivity contribution in [2.75, 3.05) is 13.1 Å². The van der Waals surface area contributed by atoms with Gasteiger partial charge in [0.05, 0.1) is 0 Å². The first-order chi connectivity index (χ1) is 9.60. The maximum atomic E-state index is 5.69. The predicted octanol–water partition coefficient (Wildman–Crippen LogP) is 4.17. The van der Waals surface area contributed by atoms with E-state index in [9.17, 15) is 0 Å². The van der Waals surface area contributed by atoms with Crippen molar-refractivity contribution in [3.05, 3.63) is 33.8 Å². The topological polar surface area (TPSA) is 29.3 Å². The minimum absolute atomic E-state index is 0.610. The minimum Gasteiger partial charge on any atom is -0.326 e. The highest BCUT2D eigenvalue weighted by atomic mass is 79.9. The molecule has 0 aliphatic carbocycles. The van der Waals surface area contributed by atoms with E-state index in [4.69, 9.17) is 5.73 Å². The molecule has 2 N–H and O–H groups in total. The molecule has 0 radical (unpaired) electrons. The van der Waals surface area contributed by atoms with Crippen LogP contribution in [0, 0.1) is 11.8 Å². The summed E-state index contributed by atoms with van der Waals surface area (Å²) in [5.74, 6) is 1.73. The fourth-order valence-corrected chi connectivity index (χ4v) is 3.64. The van der Waals surface area contributed by atoms with Gasteiger partial charge in [0.1, 0.15) is 0 Å². The molecule has 20 heavy (non-hydrogen) atoms. The molecule has 1 fully saturated rings. The summed E-state index contributed by atoms with van der Waals surface area (Å²) < 4.78 is 1.20. The maximum absolute atomic E-state index is 5.69. The van der Waals surface area contributed by atoms with Crippen molar-refractivity contribution in [1.82, 2.24) is 4.90 Å². The highest BCUT2D eigenvalue weighted by Crippen LogP contribution is 2.26. The Labute approximate surface area is 131 Å². The monoisotopic (exact) mass is 338 g/mol. The van der Waals surface area contributed by atoms with Crippen molar-refractivity contribution in [1.29, 1.82) is 0 Å². The van der Waals surface area contributed by atoms with Crippen LogP contribution in [0.4, 0.5) is 0 Å². The van der Waals surface area contributed by atoms with Crippen LogP contribution in [-0.2, 0) is 13.1 Å².